The minimum Gasteiger partial charge on any atom is -0.396 e. The fourth-order valence-electron chi connectivity index (χ4n) is 1.92. The lowest BCUT2D eigenvalue weighted by molar-refractivity contribution is 0.122. The number of aliphatic hydroxyl groups is 2. The molecule has 5 nitrogen and oxygen atoms in total. The first-order chi connectivity index (χ1) is 8.67. The maximum atomic E-state index is 8.93. The SMILES string of the molecule is CO[Si](CCCCCCC(CO)CO)(OC)OC. The van der Waals surface area contributed by atoms with E-state index in [4.69, 9.17) is 23.5 Å². The highest BCUT2D eigenvalue weighted by molar-refractivity contribution is 6.60. The molecule has 0 aromatic rings. The lowest BCUT2D eigenvalue weighted by Gasteiger charge is -2.24. The molecule has 0 rings (SSSR count). The summed E-state index contributed by atoms with van der Waals surface area (Å²) in [5, 5.41) is 17.9. The van der Waals surface area contributed by atoms with Crippen molar-refractivity contribution in [3.63, 3.8) is 0 Å². The third-order valence-electron chi connectivity index (χ3n) is 3.29. The van der Waals surface area contributed by atoms with Crippen LogP contribution in [-0.4, -0.2) is 53.6 Å². The van der Waals surface area contributed by atoms with Gasteiger partial charge >= 0.3 is 8.80 Å². The average Bonchev–Trinajstić information content (AvgIpc) is 2.43. The van der Waals surface area contributed by atoms with E-state index in [9.17, 15) is 0 Å². The van der Waals surface area contributed by atoms with Gasteiger partial charge in [0.25, 0.3) is 0 Å². The Morgan fingerprint density at radius 1 is 0.833 bits per heavy atom. The number of rotatable bonds is 12. The molecule has 0 aromatic carbocycles. The summed E-state index contributed by atoms with van der Waals surface area (Å²) >= 11 is 0. The minimum atomic E-state index is -2.39. The Bertz CT molecular complexity index is 175. The third-order valence-corrected chi connectivity index (χ3v) is 6.13. The Morgan fingerprint density at radius 3 is 1.78 bits per heavy atom. The highest BCUT2D eigenvalue weighted by Gasteiger charge is 2.36. The average molecular weight is 280 g/mol. The number of hydrogen-bond donors (Lipinski definition) is 2. The molecule has 0 amide bonds. The second-order valence-corrected chi connectivity index (χ2v) is 7.57. The summed E-state index contributed by atoms with van der Waals surface area (Å²) in [4.78, 5) is 0. The first-order valence-corrected chi connectivity index (χ1v) is 8.48. The maximum absolute atomic E-state index is 8.93. The predicted molar refractivity (Wildman–Crippen MR) is 72.3 cm³/mol. The minimum absolute atomic E-state index is 0.0374. The number of aliphatic hydroxyl groups excluding tert-OH is 2. The lowest BCUT2D eigenvalue weighted by atomic mass is 10.0. The van der Waals surface area contributed by atoms with Crippen LogP contribution < -0.4 is 0 Å². The van der Waals surface area contributed by atoms with Crippen LogP contribution in [0.5, 0.6) is 0 Å². The van der Waals surface area contributed by atoms with Crippen LogP contribution in [0.1, 0.15) is 32.1 Å². The normalized spacial score (nSPS) is 12.3. The smallest absolute Gasteiger partial charge is 0.396 e. The molecule has 0 saturated heterocycles. The Kier molecular flexibility index (Phi) is 10.9. The third kappa shape index (κ3) is 6.82. The molecule has 0 fully saturated rings. The molecule has 0 radical (unpaired) electrons. The van der Waals surface area contributed by atoms with Gasteiger partial charge in [-0.1, -0.05) is 19.3 Å². The number of hydrogen-bond acceptors (Lipinski definition) is 5. The summed E-state index contributed by atoms with van der Waals surface area (Å²) in [5.74, 6) is 0.0374. The topological polar surface area (TPSA) is 68.2 Å². The van der Waals surface area contributed by atoms with E-state index in [1.165, 1.54) is 0 Å². The molecule has 0 saturated carbocycles. The molecule has 0 spiro atoms. The summed E-state index contributed by atoms with van der Waals surface area (Å²) in [6, 6.07) is 0.833. The van der Waals surface area contributed by atoms with Gasteiger partial charge < -0.3 is 23.5 Å². The van der Waals surface area contributed by atoms with Crippen molar-refractivity contribution < 1.29 is 23.5 Å². The fourth-order valence-corrected chi connectivity index (χ4v) is 3.72. The van der Waals surface area contributed by atoms with Gasteiger partial charge in [-0.3, -0.25) is 0 Å². The van der Waals surface area contributed by atoms with Crippen molar-refractivity contribution in [3.05, 3.63) is 0 Å². The standard InChI is InChI=1S/C12H28O5Si/c1-15-18(16-2,17-3)9-7-5-4-6-8-12(10-13)11-14/h12-14H,4-11H2,1-3H3. The van der Waals surface area contributed by atoms with Crippen LogP contribution in [0.15, 0.2) is 0 Å². The van der Waals surface area contributed by atoms with Crippen LogP contribution in [0.2, 0.25) is 6.04 Å². The van der Waals surface area contributed by atoms with E-state index in [0.717, 1.165) is 38.1 Å². The predicted octanol–water partition coefficient (Wildman–Crippen LogP) is 1.42. The molecule has 18 heavy (non-hydrogen) atoms. The Balaban J connectivity index is 3.61. The molecule has 0 aliphatic rings. The van der Waals surface area contributed by atoms with E-state index in [0.29, 0.717) is 0 Å². The van der Waals surface area contributed by atoms with Crippen molar-refractivity contribution in [2.45, 2.75) is 38.1 Å². The quantitative estimate of drug-likeness (QED) is 0.418. The first kappa shape index (κ1) is 18.0. The molecule has 0 unspecified atom stereocenters. The van der Waals surface area contributed by atoms with Gasteiger partial charge in [-0.25, -0.2) is 0 Å². The van der Waals surface area contributed by atoms with Crippen molar-refractivity contribution in [1.82, 2.24) is 0 Å². The van der Waals surface area contributed by atoms with Crippen molar-refractivity contribution in [1.29, 1.82) is 0 Å². The summed E-state index contributed by atoms with van der Waals surface area (Å²) in [5.41, 5.74) is 0. The van der Waals surface area contributed by atoms with Crippen LogP contribution in [0.3, 0.4) is 0 Å². The molecular weight excluding hydrogens is 252 g/mol. The molecule has 0 heterocycles. The van der Waals surface area contributed by atoms with Crippen LogP contribution in [0, 0.1) is 5.92 Å². The van der Waals surface area contributed by atoms with E-state index >= 15 is 0 Å². The van der Waals surface area contributed by atoms with Crippen LogP contribution in [0.25, 0.3) is 0 Å². The van der Waals surface area contributed by atoms with Gasteiger partial charge in [-0.2, -0.15) is 0 Å². The van der Waals surface area contributed by atoms with Crippen LogP contribution in [-0.2, 0) is 13.3 Å². The summed E-state index contributed by atoms with van der Waals surface area (Å²) in [7, 11) is 2.50. The highest BCUT2D eigenvalue weighted by atomic mass is 28.4. The zero-order valence-corrected chi connectivity index (χ0v) is 12.9. The monoisotopic (exact) mass is 280 g/mol. The van der Waals surface area contributed by atoms with Gasteiger partial charge in [0, 0.05) is 46.5 Å². The molecule has 0 atom stereocenters. The van der Waals surface area contributed by atoms with Gasteiger partial charge in [-0.05, 0) is 12.8 Å². The Morgan fingerprint density at radius 2 is 1.33 bits per heavy atom. The van der Waals surface area contributed by atoms with E-state index in [1.54, 1.807) is 21.3 Å². The zero-order chi connectivity index (χ0) is 13.9. The van der Waals surface area contributed by atoms with E-state index in [2.05, 4.69) is 0 Å². The van der Waals surface area contributed by atoms with E-state index in [1.807, 2.05) is 0 Å². The maximum Gasteiger partial charge on any atom is 0.500 e. The zero-order valence-electron chi connectivity index (χ0n) is 11.9. The molecule has 0 bridgehead atoms. The van der Waals surface area contributed by atoms with E-state index < -0.39 is 8.80 Å². The van der Waals surface area contributed by atoms with Crippen molar-refractivity contribution >= 4 is 8.80 Å². The second-order valence-electron chi connectivity index (χ2n) is 4.48. The molecule has 110 valence electrons. The summed E-state index contributed by atoms with van der Waals surface area (Å²) < 4.78 is 16.0. The Labute approximate surface area is 111 Å². The van der Waals surface area contributed by atoms with Gasteiger partial charge in [0.2, 0.25) is 0 Å². The molecule has 0 aliphatic carbocycles. The first-order valence-electron chi connectivity index (χ1n) is 6.55. The van der Waals surface area contributed by atoms with Gasteiger partial charge in [0.05, 0.1) is 0 Å². The fraction of sp³-hybridized carbons (Fsp3) is 1.00. The number of unbranched alkanes of at least 4 members (excludes halogenated alkanes) is 3. The van der Waals surface area contributed by atoms with Crippen molar-refractivity contribution in [2.24, 2.45) is 5.92 Å². The van der Waals surface area contributed by atoms with Crippen LogP contribution >= 0.6 is 0 Å². The van der Waals surface area contributed by atoms with Crippen molar-refractivity contribution in [2.75, 3.05) is 34.5 Å². The largest absolute Gasteiger partial charge is 0.500 e. The summed E-state index contributed by atoms with van der Waals surface area (Å²) in [6.45, 7) is 0.146. The summed E-state index contributed by atoms with van der Waals surface area (Å²) in [6.07, 6.45) is 5.12. The van der Waals surface area contributed by atoms with Gasteiger partial charge in [0.15, 0.2) is 0 Å². The van der Waals surface area contributed by atoms with Gasteiger partial charge in [0.1, 0.15) is 0 Å². The molecular formula is C12H28O5Si. The van der Waals surface area contributed by atoms with Crippen LogP contribution in [0.4, 0.5) is 0 Å². The van der Waals surface area contributed by atoms with E-state index in [-0.39, 0.29) is 19.1 Å². The molecule has 0 aliphatic heterocycles. The van der Waals surface area contributed by atoms with Gasteiger partial charge in [-0.15, -0.1) is 0 Å². The Hall–Kier alpha value is 0.0169. The highest BCUT2D eigenvalue weighted by Crippen LogP contribution is 2.18. The second kappa shape index (κ2) is 10.9. The molecule has 0 aromatic heterocycles. The molecule has 2 N–H and O–H groups in total. The lowest BCUT2D eigenvalue weighted by Crippen LogP contribution is -2.42. The molecule has 6 heteroatoms. The van der Waals surface area contributed by atoms with Crippen molar-refractivity contribution in [3.8, 4) is 0 Å².